The second kappa shape index (κ2) is 6.78. The van der Waals surface area contributed by atoms with Crippen LogP contribution in [0.5, 0.6) is 0 Å². The van der Waals surface area contributed by atoms with Gasteiger partial charge in [0, 0.05) is 13.0 Å². The summed E-state index contributed by atoms with van der Waals surface area (Å²) in [6.45, 7) is -0.563. The van der Waals surface area contributed by atoms with E-state index >= 15 is 0 Å². The van der Waals surface area contributed by atoms with Crippen LogP contribution in [0.15, 0.2) is 24.3 Å². The van der Waals surface area contributed by atoms with Gasteiger partial charge in [0.2, 0.25) is 5.91 Å². The topological polar surface area (TPSA) is 41.1 Å². The summed E-state index contributed by atoms with van der Waals surface area (Å²) in [7, 11) is 0. The van der Waals surface area contributed by atoms with Crippen molar-refractivity contribution >= 4 is 18.3 Å². The number of benzene rings is 1. The standard InChI is InChI=1S/C13H13F5N2O.ClH/c14-12(15)5-10(20-7-12)11(21)19-6-8-1-3-9(4-2-8)13(16,17)18;/h1-4,10,20H,5-7H2,(H,19,21);1H. The molecular formula is C13H14ClF5N2O. The molecule has 0 aromatic heterocycles. The fourth-order valence-corrected chi connectivity index (χ4v) is 2.02. The van der Waals surface area contributed by atoms with Crippen LogP contribution in [0.2, 0.25) is 0 Å². The predicted molar refractivity (Wildman–Crippen MR) is 71.9 cm³/mol. The highest BCUT2D eigenvalue weighted by Crippen LogP contribution is 2.29. The van der Waals surface area contributed by atoms with Gasteiger partial charge < -0.3 is 5.32 Å². The van der Waals surface area contributed by atoms with Gasteiger partial charge in [0.05, 0.1) is 18.2 Å². The summed E-state index contributed by atoms with van der Waals surface area (Å²) in [6.07, 6.45) is -4.99. The van der Waals surface area contributed by atoms with Gasteiger partial charge in [-0.05, 0) is 17.7 Å². The molecule has 0 spiro atoms. The number of alkyl halides is 5. The fourth-order valence-electron chi connectivity index (χ4n) is 2.02. The van der Waals surface area contributed by atoms with E-state index in [1.807, 2.05) is 0 Å². The molecular weight excluding hydrogens is 331 g/mol. The lowest BCUT2D eigenvalue weighted by Gasteiger charge is -2.12. The molecule has 1 aliphatic rings. The van der Waals surface area contributed by atoms with E-state index in [1.165, 1.54) is 12.1 Å². The molecule has 0 radical (unpaired) electrons. The molecule has 2 N–H and O–H groups in total. The third-order valence-corrected chi connectivity index (χ3v) is 3.17. The molecule has 124 valence electrons. The first kappa shape index (κ1) is 18.6. The normalized spacial score (nSPS) is 20.3. The second-order valence-electron chi connectivity index (χ2n) is 4.91. The Morgan fingerprint density at radius 2 is 1.86 bits per heavy atom. The van der Waals surface area contributed by atoms with E-state index in [9.17, 15) is 26.7 Å². The van der Waals surface area contributed by atoms with Crippen LogP contribution in [-0.4, -0.2) is 24.4 Å². The number of hydrogen-bond donors (Lipinski definition) is 2. The largest absolute Gasteiger partial charge is 0.416 e. The van der Waals surface area contributed by atoms with Gasteiger partial charge in [-0.2, -0.15) is 13.2 Å². The van der Waals surface area contributed by atoms with Crippen LogP contribution in [0, 0.1) is 0 Å². The van der Waals surface area contributed by atoms with E-state index in [1.54, 1.807) is 0 Å². The fraction of sp³-hybridized carbons (Fsp3) is 0.462. The summed E-state index contributed by atoms with van der Waals surface area (Å²) in [5, 5.41) is 4.82. The second-order valence-corrected chi connectivity index (χ2v) is 4.91. The Bertz CT molecular complexity index is 518. The maximum absolute atomic E-state index is 12.9. The molecule has 1 saturated heterocycles. The van der Waals surface area contributed by atoms with Gasteiger partial charge in [-0.15, -0.1) is 12.4 Å². The molecule has 1 unspecified atom stereocenters. The van der Waals surface area contributed by atoms with E-state index < -0.39 is 42.6 Å². The van der Waals surface area contributed by atoms with Gasteiger partial charge in [0.25, 0.3) is 5.92 Å². The average Bonchev–Trinajstić information content (AvgIpc) is 2.76. The lowest BCUT2D eigenvalue weighted by atomic mass is 10.1. The molecule has 1 aromatic carbocycles. The van der Waals surface area contributed by atoms with Gasteiger partial charge >= 0.3 is 6.18 Å². The summed E-state index contributed by atoms with van der Waals surface area (Å²) in [6, 6.07) is 3.31. The number of nitrogens with one attached hydrogen (secondary N) is 2. The van der Waals surface area contributed by atoms with Crippen LogP contribution in [0.1, 0.15) is 17.5 Å². The molecule has 1 heterocycles. The van der Waals surface area contributed by atoms with E-state index in [4.69, 9.17) is 0 Å². The first-order chi connectivity index (χ1) is 9.67. The zero-order valence-electron chi connectivity index (χ0n) is 11.2. The summed E-state index contributed by atoms with van der Waals surface area (Å²) in [5.41, 5.74) is -0.323. The van der Waals surface area contributed by atoms with E-state index in [-0.39, 0.29) is 19.0 Å². The molecule has 3 nitrogen and oxygen atoms in total. The highest BCUT2D eigenvalue weighted by molar-refractivity contribution is 5.85. The average molecular weight is 345 g/mol. The predicted octanol–water partition coefficient (Wildman–Crippen LogP) is 2.74. The highest BCUT2D eigenvalue weighted by Gasteiger charge is 2.42. The highest BCUT2D eigenvalue weighted by atomic mass is 35.5. The van der Waals surface area contributed by atoms with Gasteiger partial charge in [-0.3, -0.25) is 10.1 Å². The number of rotatable bonds is 3. The SMILES string of the molecule is Cl.O=C(NCc1ccc(C(F)(F)F)cc1)C1CC(F)(F)CN1. The van der Waals surface area contributed by atoms with Crippen LogP contribution in [0.3, 0.4) is 0 Å². The minimum atomic E-state index is -4.42. The van der Waals surface area contributed by atoms with Crippen molar-refractivity contribution in [3.05, 3.63) is 35.4 Å². The third-order valence-electron chi connectivity index (χ3n) is 3.17. The maximum atomic E-state index is 12.9. The van der Waals surface area contributed by atoms with Crippen LogP contribution >= 0.6 is 12.4 Å². The van der Waals surface area contributed by atoms with E-state index in [0.29, 0.717) is 5.56 Å². The van der Waals surface area contributed by atoms with Crippen molar-refractivity contribution in [1.29, 1.82) is 0 Å². The molecule has 1 aliphatic heterocycles. The van der Waals surface area contributed by atoms with E-state index in [0.717, 1.165) is 12.1 Å². The Labute approximate surface area is 129 Å². The van der Waals surface area contributed by atoms with Crippen molar-refractivity contribution in [2.45, 2.75) is 31.1 Å². The summed E-state index contributed by atoms with van der Waals surface area (Å²) in [5.74, 6) is -3.50. The Morgan fingerprint density at radius 3 is 2.32 bits per heavy atom. The number of amides is 1. The van der Waals surface area contributed by atoms with Crippen LogP contribution in [-0.2, 0) is 17.5 Å². The number of carbonyl (C=O) groups excluding carboxylic acids is 1. The molecule has 1 atom stereocenters. The molecule has 0 bridgehead atoms. The summed E-state index contributed by atoms with van der Waals surface area (Å²) < 4.78 is 62.9. The first-order valence-corrected chi connectivity index (χ1v) is 6.22. The van der Waals surface area contributed by atoms with Crippen molar-refractivity contribution in [1.82, 2.24) is 10.6 Å². The minimum absolute atomic E-state index is 0. The number of carbonyl (C=O) groups is 1. The van der Waals surface area contributed by atoms with Crippen molar-refractivity contribution in [2.24, 2.45) is 0 Å². The monoisotopic (exact) mass is 344 g/mol. The molecule has 1 fully saturated rings. The van der Waals surface area contributed by atoms with Gasteiger partial charge in [0.15, 0.2) is 0 Å². The quantitative estimate of drug-likeness (QED) is 0.828. The van der Waals surface area contributed by atoms with Crippen LogP contribution in [0.25, 0.3) is 0 Å². The van der Waals surface area contributed by atoms with Crippen LogP contribution < -0.4 is 10.6 Å². The first-order valence-electron chi connectivity index (χ1n) is 6.22. The molecule has 9 heteroatoms. The minimum Gasteiger partial charge on any atom is -0.351 e. The lowest BCUT2D eigenvalue weighted by molar-refractivity contribution is -0.137. The zero-order chi connectivity index (χ0) is 15.7. The lowest BCUT2D eigenvalue weighted by Crippen LogP contribution is -2.40. The van der Waals surface area contributed by atoms with Crippen molar-refractivity contribution in [3.63, 3.8) is 0 Å². The Kier molecular flexibility index (Phi) is 5.75. The van der Waals surface area contributed by atoms with E-state index in [2.05, 4.69) is 10.6 Å². The molecule has 1 amide bonds. The van der Waals surface area contributed by atoms with Gasteiger partial charge in [-0.1, -0.05) is 12.1 Å². The van der Waals surface area contributed by atoms with Gasteiger partial charge in [-0.25, -0.2) is 8.78 Å². The summed E-state index contributed by atoms with van der Waals surface area (Å²) in [4.78, 5) is 11.6. The summed E-state index contributed by atoms with van der Waals surface area (Å²) >= 11 is 0. The van der Waals surface area contributed by atoms with Crippen molar-refractivity contribution in [3.8, 4) is 0 Å². The Morgan fingerprint density at radius 1 is 1.27 bits per heavy atom. The number of halogens is 6. The molecule has 1 aromatic rings. The number of hydrogen-bond acceptors (Lipinski definition) is 2. The molecule has 22 heavy (non-hydrogen) atoms. The maximum Gasteiger partial charge on any atom is 0.416 e. The third kappa shape index (κ3) is 4.81. The van der Waals surface area contributed by atoms with Crippen molar-refractivity contribution < 1.29 is 26.7 Å². The molecule has 0 saturated carbocycles. The molecule has 0 aliphatic carbocycles. The molecule has 2 rings (SSSR count). The Hall–Kier alpha value is -1.41. The van der Waals surface area contributed by atoms with Crippen molar-refractivity contribution in [2.75, 3.05) is 6.54 Å². The van der Waals surface area contributed by atoms with Gasteiger partial charge in [0.1, 0.15) is 0 Å². The van der Waals surface area contributed by atoms with Crippen LogP contribution in [0.4, 0.5) is 22.0 Å². The Balaban J connectivity index is 0.00000242. The zero-order valence-corrected chi connectivity index (χ0v) is 12.0. The smallest absolute Gasteiger partial charge is 0.351 e.